The third kappa shape index (κ3) is 2.49. The first-order valence-corrected chi connectivity index (χ1v) is 5.00. The Balaban J connectivity index is 2.23. The van der Waals surface area contributed by atoms with Gasteiger partial charge in [-0.05, 0) is 36.4 Å². The summed E-state index contributed by atoms with van der Waals surface area (Å²) in [6.45, 7) is 0. The normalized spacial score (nSPS) is 10.2. The first-order valence-electron chi connectivity index (χ1n) is 4.63. The second kappa shape index (κ2) is 4.49. The molecule has 2 aromatic carbocycles. The molecule has 0 aliphatic rings. The molecule has 0 aliphatic carbocycles. The van der Waals surface area contributed by atoms with Crippen molar-refractivity contribution < 1.29 is 8.78 Å². The molecule has 0 saturated heterocycles. The largest absolute Gasteiger partial charge is 0.353 e. The highest BCUT2D eigenvalue weighted by Gasteiger charge is 2.03. The summed E-state index contributed by atoms with van der Waals surface area (Å²) in [4.78, 5) is 0. The van der Waals surface area contributed by atoms with Gasteiger partial charge in [0.15, 0.2) is 0 Å². The number of hydrogen-bond donors (Lipinski definition) is 1. The van der Waals surface area contributed by atoms with E-state index in [2.05, 4.69) is 5.32 Å². The van der Waals surface area contributed by atoms with Crippen molar-refractivity contribution in [3.8, 4) is 0 Å². The van der Waals surface area contributed by atoms with Crippen molar-refractivity contribution in [2.24, 2.45) is 0 Å². The molecule has 0 spiro atoms. The molecule has 0 aromatic heterocycles. The monoisotopic (exact) mass is 239 g/mol. The lowest BCUT2D eigenvalue weighted by Gasteiger charge is -2.07. The Morgan fingerprint density at radius 2 is 1.62 bits per heavy atom. The average Bonchev–Trinajstić information content (AvgIpc) is 2.25. The van der Waals surface area contributed by atoms with Gasteiger partial charge in [-0.3, -0.25) is 0 Å². The molecule has 0 fully saturated rings. The lowest BCUT2D eigenvalue weighted by Crippen LogP contribution is -1.94. The second-order valence-corrected chi connectivity index (χ2v) is 3.69. The fourth-order valence-corrected chi connectivity index (χ4v) is 1.41. The van der Waals surface area contributed by atoms with Gasteiger partial charge in [0.1, 0.15) is 11.6 Å². The van der Waals surface area contributed by atoms with Crippen LogP contribution in [0.4, 0.5) is 20.2 Å². The van der Waals surface area contributed by atoms with Gasteiger partial charge in [-0.15, -0.1) is 0 Å². The molecule has 82 valence electrons. The zero-order valence-electron chi connectivity index (χ0n) is 8.18. The fraction of sp³-hybridized carbons (Fsp3) is 0. The van der Waals surface area contributed by atoms with Crippen molar-refractivity contribution in [3.63, 3.8) is 0 Å². The fourth-order valence-electron chi connectivity index (χ4n) is 1.28. The highest BCUT2D eigenvalue weighted by molar-refractivity contribution is 6.30. The van der Waals surface area contributed by atoms with E-state index in [1.165, 1.54) is 12.1 Å². The summed E-state index contributed by atoms with van der Waals surface area (Å²) in [5, 5.41) is 3.43. The first-order chi connectivity index (χ1) is 7.65. The second-order valence-electron chi connectivity index (χ2n) is 3.26. The van der Waals surface area contributed by atoms with Gasteiger partial charge < -0.3 is 5.32 Å². The van der Waals surface area contributed by atoms with Crippen LogP contribution < -0.4 is 5.32 Å². The zero-order valence-corrected chi connectivity index (χ0v) is 8.93. The number of hydrogen-bond acceptors (Lipinski definition) is 1. The van der Waals surface area contributed by atoms with Gasteiger partial charge in [0, 0.05) is 16.8 Å². The molecule has 0 heterocycles. The first kappa shape index (κ1) is 10.9. The Morgan fingerprint density at radius 1 is 0.938 bits per heavy atom. The van der Waals surface area contributed by atoms with Crippen molar-refractivity contribution in [2.75, 3.05) is 5.32 Å². The van der Waals surface area contributed by atoms with Crippen LogP contribution in [0.3, 0.4) is 0 Å². The van der Waals surface area contributed by atoms with E-state index in [4.69, 9.17) is 11.6 Å². The van der Waals surface area contributed by atoms with E-state index in [1.54, 1.807) is 24.3 Å². The van der Waals surface area contributed by atoms with Crippen LogP contribution in [-0.4, -0.2) is 0 Å². The van der Waals surface area contributed by atoms with E-state index < -0.39 is 11.6 Å². The third-order valence-electron chi connectivity index (χ3n) is 2.05. The molecule has 0 atom stereocenters. The van der Waals surface area contributed by atoms with E-state index in [0.717, 1.165) is 6.07 Å². The number of benzene rings is 2. The average molecular weight is 240 g/mol. The summed E-state index contributed by atoms with van der Waals surface area (Å²) < 4.78 is 25.9. The molecule has 0 aliphatic heterocycles. The maximum Gasteiger partial charge on any atom is 0.149 e. The summed E-state index contributed by atoms with van der Waals surface area (Å²) in [5.74, 6) is -1.23. The molecular weight excluding hydrogens is 232 g/mol. The SMILES string of the molecule is Fc1ccc(Nc2ccc(Cl)cc2)c(F)c1. The van der Waals surface area contributed by atoms with Gasteiger partial charge in [-0.25, -0.2) is 8.78 Å². The lowest BCUT2D eigenvalue weighted by molar-refractivity contribution is 0.586. The Morgan fingerprint density at radius 3 is 2.25 bits per heavy atom. The van der Waals surface area contributed by atoms with Crippen molar-refractivity contribution in [2.45, 2.75) is 0 Å². The Hall–Kier alpha value is -1.61. The maximum atomic E-state index is 13.3. The minimum Gasteiger partial charge on any atom is -0.353 e. The molecule has 0 bridgehead atoms. The van der Waals surface area contributed by atoms with E-state index >= 15 is 0 Å². The quantitative estimate of drug-likeness (QED) is 0.821. The van der Waals surface area contributed by atoms with Gasteiger partial charge in [0.05, 0.1) is 5.69 Å². The van der Waals surface area contributed by atoms with Crippen molar-refractivity contribution in [3.05, 3.63) is 59.1 Å². The van der Waals surface area contributed by atoms with E-state index in [1.807, 2.05) is 0 Å². The third-order valence-corrected chi connectivity index (χ3v) is 2.31. The molecule has 2 aromatic rings. The van der Waals surface area contributed by atoms with E-state index in [0.29, 0.717) is 10.7 Å². The lowest BCUT2D eigenvalue weighted by atomic mass is 10.2. The minimum atomic E-state index is -0.630. The highest BCUT2D eigenvalue weighted by Crippen LogP contribution is 2.21. The van der Waals surface area contributed by atoms with Crippen LogP contribution in [-0.2, 0) is 0 Å². The van der Waals surface area contributed by atoms with Crippen LogP contribution in [0.2, 0.25) is 5.02 Å². The van der Waals surface area contributed by atoms with Crippen LogP contribution in [0, 0.1) is 11.6 Å². The van der Waals surface area contributed by atoms with Gasteiger partial charge in [-0.1, -0.05) is 11.6 Å². The molecule has 4 heteroatoms. The summed E-state index contributed by atoms with van der Waals surface area (Å²) in [5.41, 5.74) is 0.915. The van der Waals surface area contributed by atoms with Crippen molar-refractivity contribution in [1.29, 1.82) is 0 Å². The summed E-state index contributed by atoms with van der Waals surface area (Å²) in [7, 11) is 0. The summed E-state index contributed by atoms with van der Waals surface area (Å²) >= 11 is 5.72. The van der Waals surface area contributed by atoms with E-state index in [-0.39, 0.29) is 5.69 Å². The van der Waals surface area contributed by atoms with Crippen LogP contribution in [0.15, 0.2) is 42.5 Å². The molecule has 0 unspecified atom stereocenters. The molecular formula is C12H8ClF2N. The summed E-state index contributed by atoms with van der Waals surface area (Å²) in [6.07, 6.45) is 0. The smallest absolute Gasteiger partial charge is 0.149 e. The number of halogens is 3. The number of rotatable bonds is 2. The van der Waals surface area contributed by atoms with Gasteiger partial charge >= 0.3 is 0 Å². The zero-order chi connectivity index (χ0) is 11.5. The minimum absolute atomic E-state index is 0.226. The Bertz CT molecular complexity index is 497. The molecule has 2 rings (SSSR count). The Kier molecular flexibility index (Phi) is 3.06. The van der Waals surface area contributed by atoms with Gasteiger partial charge in [0.2, 0.25) is 0 Å². The van der Waals surface area contributed by atoms with Crippen LogP contribution in [0.25, 0.3) is 0 Å². The van der Waals surface area contributed by atoms with Gasteiger partial charge in [-0.2, -0.15) is 0 Å². The van der Waals surface area contributed by atoms with Crippen LogP contribution in [0.5, 0.6) is 0 Å². The molecule has 0 saturated carbocycles. The molecule has 1 nitrogen and oxygen atoms in total. The van der Waals surface area contributed by atoms with E-state index in [9.17, 15) is 8.78 Å². The predicted octanol–water partition coefficient (Wildman–Crippen LogP) is 4.36. The van der Waals surface area contributed by atoms with Crippen molar-refractivity contribution in [1.82, 2.24) is 0 Å². The maximum absolute atomic E-state index is 13.3. The van der Waals surface area contributed by atoms with Crippen LogP contribution in [0.1, 0.15) is 0 Å². The molecule has 0 amide bonds. The molecule has 0 radical (unpaired) electrons. The predicted molar refractivity (Wildman–Crippen MR) is 61.1 cm³/mol. The molecule has 16 heavy (non-hydrogen) atoms. The highest BCUT2D eigenvalue weighted by atomic mass is 35.5. The Labute approximate surface area is 96.7 Å². The standard InChI is InChI=1S/C12H8ClF2N/c13-8-1-4-10(5-2-8)16-12-6-3-9(14)7-11(12)15/h1-7,16H. The van der Waals surface area contributed by atoms with Crippen molar-refractivity contribution >= 4 is 23.0 Å². The topological polar surface area (TPSA) is 12.0 Å². The molecule has 1 N–H and O–H groups in total. The number of anilines is 2. The number of nitrogens with one attached hydrogen (secondary N) is 1. The summed E-state index contributed by atoms with van der Waals surface area (Å²) in [6, 6.07) is 10.2. The van der Waals surface area contributed by atoms with Crippen LogP contribution >= 0.6 is 11.6 Å². The van der Waals surface area contributed by atoms with Gasteiger partial charge in [0.25, 0.3) is 0 Å².